The second-order valence-corrected chi connectivity index (χ2v) is 7.22. The summed E-state index contributed by atoms with van der Waals surface area (Å²) in [5.41, 5.74) is 6.36. The average molecular weight is 349 g/mol. The Balaban J connectivity index is 2.43. The molecule has 0 bridgehead atoms. The van der Waals surface area contributed by atoms with Crippen LogP contribution in [0.15, 0.2) is 29.4 Å². The third-order valence-electron chi connectivity index (χ3n) is 3.38. The van der Waals surface area contributed by atoms with Crippen molar-refractivity contribution >= 4 is 12.1 Å². The van der Waals surface area contributed by atoms with E-state index in [-0.39, 0.29) is 12.0 Å². The fourth-order valence-electron chi connectivity index (χ4n) is 2.00. The molecule has 1 unspecified atom stereocenters. The number of nitrogens with one attached hydrogen (secondary N) is 2. The Labute approximate surface area is 150 Å². The molecule has 1 amide bonds. The first-order valence-corrected chi connectivity index (χ1v) is 8.60. The number of guanidine groups is 1. The second kappa shape index (κ2) is 9.86. The number of rotatable bonds is 7. The molecule has 1 rings (SSSR count). The summed E-state index contributed by atoms with van der Waals surface area (Å²) in [5, 5.41) is 5.91. The molecule has 0 spiro atoms. The van der Waals surface area contributed by atoms with Crippen LogP contribution in [0.1, 0.15) is 40.3 Å². The summed E-state index contributed by atoms with van der Waals surface area (Å²) in [7, 11) is 0. The molecule has 25 heavy (non-hydrogen) atoms. The molecule has 0 aliphatic heterocycles. The highest BCUT2D eigenvalue weighted by atomic mass is 16.6. The number of nitrogens with two attached hydrogens (primary N) is 1. The minimum absolute atomic E-state index is 0.147. The Hall–Kier alpha value is -2.31. The fraction of sp³-hybridized carbons (Fsp3) is 0.611. The zero-order valence-corrected chi connectivity index (χ0v) is 15.9. The number of pyridine rings is 1. The molecule has 0 radical (unpaired) electrons. The molecule has 140 valence electrons. The molecule has 0 saturated heterocycles. The average Bonchev–Trinajstić information content (AvgIpc) is 2.50. The molecule has 0 aromatic carbocycles. The first-order chi connectivity index (χ1) is 11.7. The lowest BCUT2D eigenvalue weighted by Crippen LogP contribution is -2.44. The van der Waals surface area contributed by atoms with Crippen LogP contribution in [0.25, 0.3) is 0 Å². The van der Waals surface area contributed by atoms with Gasteiger partial charge in [-0.2, -0.15) is 0 Å². The van der Waals surface area contributed by atoms with Crippen LogP contribution in [0.2, 0.25) is 0 Å². The summed E-state index contributed by atoms with van der Waals surface area (Å²) >= 11 is 0. The standard InChI is InChI=1S/C18H31N5O2/c1-13(2)15(23-17(24)25-18(3,4)5)12-22-16(19)21-11-9-14-8-6-7-10-20-14/h6-8,10,13,15H,9,11-12H2,1-5H3,(H,23,24)(H3,19,21,22). The SMILES string of the molecule is CC(C)C(CN=C(N)NCCc1ccccn1)NC(=O)OC(C)(C)C. The van der Waals surface area contributed by atoms with Crippen molar-refractivity contribution in [2.75, 3.05) is 13.1 Å². The Bertz CT molecular complexity index is 552. The van der Waals surface area contributed by atoms with E-state index in [4.69, 9.17) is 10.5 Å². The van der Waals surface area contributed by atoms with Gasteiger partial charge in [0.1, 0.15) is 5.60 Å². The number of nitrogens with zero attached hydrogens (tertiary/aromatic N) is 2. The van der Waals surface area contributed by atoms with Gasteiger partial charge in [-0.05, 0) is 38.8 Å². The highest BCUT2D eigenvalue weighted by Gasteiger charge is 2.21. The summed E-state index contributed by atoms with van der Waals surface area (Å²) in [6, 6.07) is 5.66. The van der Waals surface area contributed by atoms with Crippen molar-refractivity contribution in [2.24, 2.45) is 16.6 Å². The molecule has 7 heteroatoms. The Morgan fingerprint density at radius 2 is 2.08 bits per heavy atom. The van der Waals surface area contributed by atoms with E-state index >= 15 is 0 Å². The van der Waals surface area contributed by atoms with Crippen LogP contribution >= 0.6 is 0 Å². The number of hydrogen-bond donors (Lipinski definition) is 3. The topological polar surface area (TPSA) is 102 Å². The van der Waals surface area contributed by atoms with Crippen LogP contribution in [-0.4, -0.2) is 41.8 Å². The molecular formula is C18H31N5O2. The van der Waals surface area contributed by atoms with Gasteiger partial charge >= 0.3 is 6.09 Å². The maximum atomic E-state index is 11.9. The van der Waals surface area contributed by atoms with Crippen LogP contribution in [0.4, 0.5) is 4.79 Å². The van der Waals surface area contributed by atoms with E-state index in [1.165, 1.54) is 0 Å². The van der Waals surface area contributed by atoms with Crippen LogP contribution in [-0.2, 0) is 11.2 Å². The molecule has 0 aliphatic rings. The number of alkyl carbamates (subject to hydrolysis) is 1. The summed E-state index contributed by atoms with van der Waals surface area (Å²) in [6.45, 7) is 10.6. The van der Waals surface area contributed by atoms with Gasteiger partial charge in [-0.1, -0.05) is 19.9 Å². The van der Waals surface area contributed by atoms with E-state index in [2.05, 4.69) is 20.6 Å². The normalized spacial score (nSPS) is 13.4. The summed E-state index contributed by atoms with van der Waals surface area (Å²) < 4.78 is 5.29. The van der Waals surface area contributed by atoms with Crippen molar-refractivity contribution in [1.82, 2.24) is 15.6 Å². The molecule has 0 saturated carbocycles. The number of carbonyl (C=O) groups is 1. The molecule has 7 nitrogen and oxygen atoms in total. The number of aromatic nitrogens is 1. The predicted molar refractivity (Wildman–Crippen MR) is 100 cm³/mol. The predicted octanol–water partition coefficient (Wildman–Crippen LogP) is 2.08. The van der Waals surface area contributed by atoms with Crippen molar-refractivity contribution in [3.05, 3.63) is 30.1 Å². The summed E-state index contributed by atoms with van der Waals surface area (Å²) in [6.07, 6.45) is 2.09. The molecule has 1 heterocycles. The Morgan fingerprint density at radius 1 is 1.36 bits per heavy atom. The number of aliphatic imine (C=N–C) groups is 1. The number of ether oxygens (including phenoxy) is 1. The maximum absolute atomic E-state index is 11.9. The molecule has 1 aromatic heterocycles. The second-order valence-electron chi connectivity index (χ2n) is 7.22. The zero-order valence-electron chi connectivity index (χ0n) is 15.9. The van der Waals surface area contributed by atoms with Gasteiger partial charge in [0.25, 0.3) is 0 Å². The lowest BCUT2D eigenvalue weighted by atomic mass is 10.1. The van der Waals surface area contributed by atoms with E-state index in [1.54, 1.807) is 6.20 Å². The van der Waals surface area contributed by atoms with E-state index < -0.39 is 11.7 Å². The van der Waals surface area contributed by atoms with Crippen LogP contribution in [0, 0.1) is 5.92 Å². The largest absolute Gasteiger partial charge is 0.444 e. The molecule has 1 atom stereocenters. The molecule has 4 N–H and O–H groups in total. The lowest BCUT2D eigenvalue weighted by molar-refractivity contribution is 0.0493. The van der Waals surface area contributed by atoms with Gasteiger partial charge in [-0.3, -0.25) is 9.98 Å². The molecule has 1 aromatic rings. The van der Waals surface area contributed by atoms with Gasteiger partial charge < -0.3 is 21.1 Å². The third-order valence-corrected chi connectivity index (χ3v) is 3.38. The minimum atomic E-state index is -0.527. The van der Waals surface area contributed by atoms with Gasteiger partial charge in [-0.25, -0.2) is 4.79 Å². The first kappa shape index (κ1) is 20.7. The first-order valence-electron chi connectivity index (χ1n) is 8.60. The van der Waals surface area contributed by atoms with E-state index in [0.29, 0.717) is 19.0 Å². The van der Waals surface area contributed by atoms with E-state index in [1.807, 2.05) is 52.8 Å². The highest BCUT2D eigenvalue weighted by molar-refractivity contribution is 5.77. The summed E-state index contributed by atoms with van der Waals surface area (Å²) in [5.74, 6) is 0.560. The quantitative estimate of drug-likeness (QED) is 0.517. The van der Waals surface area contributed by atoms with Crippen LogP contribution in [0.5, 0.6) is 0 Å². The molecule has 0 aliphatic carbocycles. The smallest absolute Gasteiger partial charge is 0.407 e. The van der Waals surface area contributed by atoms with Crippen molar-refractivity contribution in [3.8, 4) is 0 Å². The number of amides is 1. The van der Waals surface area contributed by atoms with Crippen molar-refractivity contribution in [1.29, 1.82) is 0 Å². The molecule has 0 fully saturated rings. The number of hydrogen-bond acceptors (Lipinski definition) is 4. The van der Waals surface area contributed by atoms with E-state index in [9.17, 15) is 4.79 Å². The van der Waals surface area contributed by atoms with Crippen molar-refractivity contribution in [3.63, 3.8) is 0 Å². The van der Waals surface area contributed by atoms with Gasteiger partial charge in [-0.15, -0.1) is 0 Å². The third kappa shape index (κ3) is 9.54. The Kier molecular flexibility index (Phi) is 8.18. The van der Waals surface area contributed by atoms with Gasteiger partial charge in [0.15, 0.2) is 5.96 Å². The lowest BCUT2D eigenvalue weighted by Gasteiger charge is -2.25. The zero-order chi connectivity index (χ0) is 18.9. The van der Waals surface area contributed by atoms with E-state index in [0.717, 1.165) is 12.1 Å². The monoisotopic (exact) mass is 349 g/mol. The highest BCUT2D eigenvalue weighted by Crippen LogP contribution is 2.09. The minimum Gasteiger partial charge on any atom is -0.444 e. The number of carbonyl (C=O) groups excluding carboxylic acids is 1. The van der Waals surface area contributed by atoms with Crippen LogP contribution in [0.3, 0.4) is 0 Å². The van der Waals surface area contributed by atoms with Crippen LogP contribution < -0.4 is 16.4 Å². The molecular weight excluding hydrogens is 318 g/mol. The van der Waals surface area contributed by atoms with Crippen molar-refractivity contribution in [2.45, 2.75) is 52.7 Å². The van der Waals surface area contributed by atoms with Gasteiger partial charge in [0.05, 0.1) is 12.6 Å². The van der Waals surface area contributed by atoms with Crippen molar-refractivity contribution < 1.29 is 9.53 Å². The van der Waals surface area contributed by atoms with Gasteiger partial charge in [0, 0.05) is 24.9 Å². The Morgan fingerprint density at radius 3 is 2.64 bits per heavy atom. The summed E-state index contributed by atoms with van der Waals surface area (Å²) in [4.78, 5) is 20.5. The maximum Gasteiger partial charge on any atom is 0.407 e. The fourth-order valence-corrected chi connectivity index (χ4v) is 2.00. The van der Waals surface area contributed by atoms with Gasteiger partial charge in [0.2, 0.25) is 0 Å².